The summed E-state index contributed by atoms with van der Waals surface area (Å²) in [6.45, 7) is 0.972. The molecule has 0 aliphatic heterocycles. The van der Waals surface area contributed by atoms with Crippen molar-refractivity contribution in [2.45, 2.75) is 6.92 Å². The average Bonchev–Trinajstić information content (AvgIpc) is 0.811. The first-order valence-corrected chi connectivity index (χ1v) is 0.908. The summed E-state index contributed by atoms with van der Waals surface area (Å²) in [7, 11) is 0. The number of hydrogen-bond donors (Lipinski definition) is 0. The molecule has 32 valence electrons. The van der Waals surface area contributed by atoms with Gasteiger partial charge in [0.2, 0.25) is 0 Å². The molecule has 0 spiro atoms. The Hall–Kier alpha value is 1.66. The van der Waals surface area contributed by atoms with Gasteiger partial charge in [-0.2, -0.15) is 0 Å². The molecule has 0 aliphatic rings. The van der Waals surface area contributed by atoms with E-state index >= 15 is 0 Å². The number of carbonyl (C=O) groups is 1. The molecule has 0 aromatic carbocycles. The number of hydrogen-bond acceptors (Lipinski definition) is 2. The summed E-state index contributed by atoms with van der Waals surface area (Å²) < 4.78 is 0. The first-order chi connectivity index (χ1) is 1.73. The van der Waals surface area contributed by atoms with Gasteiger partial charge in [-0.1, -0.05) is 0 Å². The molecular formula is C2H5KLiNO2. The van der Waals surface area contributed by atoms with Crippen LogP contribution in [0.25, 0.3) is 6.15 Å². The second kappa shape index (κ2) is 15.6. The normalized spacial score (nSPS) is 3.57. The molecule has 0 fully saturated rings. The Labute approximate surface area is 97.4 Å². The zero-order chi connectivity index (χ0) is 3.58. The summed E-state index contributed by atoms with van der Waals surface area (Å²) in [5.74, 6) is -1.08. The Morgan fingerprint density at radius 2 is 1.57 bits per heavy atom. The molecule has 0 saturated heterocycles. The topological polar surface area (TPSA) is 73.6 Å². The van der Waals surface area contributed by atoms with Gasteiger partial charge in [-0.05, 0) is 6.92 Å². The van der Waals surface area contributed by atoms with E-state index in [0.717, 1.165) is 6.92 Å². The monoisotopic (exact) mass is 121 g/mol. The third-order valence-corrected chi connectivity index (χ3v) is 0. The van der Waals surface area contributed by atoms with E-state index < -0.39 is 5.97 Å². The van der Waals surface area contributed by atoms with Crippen LogP contribution in [0.1, 0.15) is 6.92 Å². The number of carboxylic acid groups (broad SMARTS) is 1. The van der Waals surface area contributed by atoms with Gasteiger partial charge in [-0.3, -0.25) is 0 Å². The summed E-state index contributed by atoms with van der Waals surface area (Å²) in [6, 6.07) is 0. The second-order valence-corrected chi connectivity index (χ2v) is 0.492. The van der Waals surface area contributed by atoms with Crippen LogP contribution in [0.15, 0.2) is 0 Å². The third kappa shape index (κ3) is 88.8. The van der Waals surface area contributed by atoms with Crippen molar-refractivity contribution in [3.63, 3.8) is 0 Å². The van der Waals surface area contributed by atoms with E-state index in [1.54, 1.807) is 0 Å². The fraction of sp³-hybridized carbons (Fsp3) is 0.500. The van der Waals surface area contributed by atoms with Crippen LogP contribution in [0.4, 0.5) is 0 Å². The zero-order valence-corrected chi connectivity index (χ0v) is 8.02. The van der Waals surface area contributed by atoms with Crippen LogP contribution < -0.4 is 75.4 Å². The molecule has 0 amide bonds. The third-order valence-electron chi connectivity index (χ3n) is 0. The van der Waals surface area contributed by atoms with E-state index in [9.17, 15) is 0 Å². The number of aliphatic carboxylic acids is 1. The van der Waals surface area contributed by atoms with Crippen molar-refractivity contribution < 1.29 is 80.1 Å². The van der Waals surface area contributed by atoms with Gasteiger partial charge in [0.25, 0.3) is 0 Å². The molecule has 0 aromatic rings. The Balaban J connectivity index is -0.0000000150. The van der Waals surface area contributed by atoms with Gasteiger partial charge in [-0.25, -0.2) is 0 Å². The Bertz CT molecular complexity index is 38.7. The minimum atomic E-state index is -1.08. The van der Waals surface area contributed by atoms with Crippen molar-refractivity contribution in [1.29, 1.82) is 0 Å². The molecule has 7 heavy (non-hydrogen) atoms. The molecule has 3 nitrogen and oxygen atoms in total. The Kier molecular flexibility index (Phi) is 52.3. The number of carbonyl (C=O) groups excluding carboxylic acids is 1. The molecular weight excluding hydrogens is 116 g/mol. The molecule has 0 unspecified atom stereocenters. The molecule has 0 atom stereocenters. The predicted molar refractivity (Wildman–Crippen MR) is 16.0 cm³/mol. The van der Waals surface area contributed by atoms with Crippen molar-refractivity contribution in [3.05, 3.63) is 6.15 Å². The second-order valence-electron chi connectivity index (χ2n) is 0.492. The van der Waals surface area contributed by atoms with Gasteiger partial charge in [0.05, 0.1) is 0 Å². The smallest absolute Gasteiger partial charge is 0.693 e. The zero-order valence-electron chi connectivity index (χ0n) is 4.89. The fourth-order valence-electron chi connectivity index (χ4n) is 0. The van der Waals surface area contributed by atoms with Gasteiger partial charge < -0.3 is 16.1 Å². The summed E-state index contributed by atoms with van der Waals surface area (Å²) in [5.41, 5.74) is 0. The molecule has 0 bridgehead atoms. The van der Waals surface area contributed by atoms with E-state index in [1.807, 2.05) is 0 Å². The fourth-order valence-corrected chi connectivity index (χ4v) is 0. The van der Waals surface area contributed by atoms with Crippen LogP contribution in [0.2, 0.25) is 0 Å². The van der Waals surface area contributed by atoms with E-state index in [-0.39, 0.29) is 76.4 Å². The van der Waals surface area contributed by atoms with Gasteiger partial charge in [0.1, 0.15) is 0 Å². The van der Waals surface area contributed by atoms with Crippen molar-refractivity contribution >= 4 is 5.97 Å². The number of carboxylic acids is 1. The van der Waals surface area contributed by atoms with Crippen molar-refractivity contribution in [2.75, 3.05) is 0 Å². The maximum Gasteiger partial charge on any atom is 1.00 e. The van der Waals surface area contributed by atoms with E-state index in [4.69, 9.17) is 9.90 Å². The maximum absolute atomic E-state index is 8.89. The standard InChI is InChI=1S/C2H4O2.K.Li.H2N/c1-2(3)4;;;/h1H3,(H,3,4);;;1H2/q;2*+1;-1/p-1. The first kappa shape index (κ1) is 23.4. The first-order valence-electron chi connectivity index (χ1n) is 0.908. The molecule has 0 rings (SSSR count). The minimum Gasteiger partial charge on any atom is -0.693 e. The number of rotatable bonds is 0. The van der Waals surface area contributed by atoms with Gasteiger partial charge in [0, 0.05) is 5.97 Å². The summed E-state index contributed by atoms with van der Waals surface area (Å²) in [6.07, 6.45) is 0. The van der Waals surface area contributed by atoms with E-state index in [2.05, 4.69) is 0 Å². The van der Waals surface area contributed by atoms with Crippen LogP contribution in [-0.4, -0.2) is 5.97 Å². The van der Waals surface area contributed by atoms with Crippen LogP contribution in [0.5, 0.6) is 0 Å². The number of nitrogens with two attached hydrogens (primary N) is 1. The molecule has 0 saturated carbocycles. The van der Waals surface area contributed by atoms with Crippen LogP contribution >= 0.6 is 0 Å². The summed E-state index contributed by atoms with van der Waals surface area (Å²) in [4.78, 5) is 8.89. The molecule has 5 heteroatoms. The van der Waals surface area contributed by atoms with E-state index in [0.29, 0.717) is 0 Å². The quantitative estimate of drug-likeness (QED) is 0.299. The van der Waals surface area contributed by atoms with Gasteiger partial charge in [-0.15, -0.1) is 0 Å². The Morgan fingerprint density at radius 3 is 1.57 bits per heavy atom. The Morgan fingerprint density at radius 1 is 1.57 bits per heavy atom. The van der Waals surface area contributed by atoms with Crippen LogP contribution in [0, 0.1) is 0 Å². The molecule has 2 N–H and O–H groups in total. The van der Waals surface area contributed by atoms with Crippen molar-refractivity contribution in [1.82, 2.24) is 0 Å². The maximum atomic E-state index is 8.89. The SMILES string of the molecule is CC(=O)[O-].[K+].[Li+].[NH2-]. The minimum absolute atomic E-state index is 0. The van der Waals surface area contributed by atoms with E-state index in [1.165, 1.54) is 0 Å². The van der Waals surface area contributed by atoms with Crippen LogP contribution in [-0.2, 0) is 4.79 Å². The van der Waals surface area contributed by atoms with Crippen molar-refractivity contribution in [3.8, 4) is 0 Å². The van der Waals surface area contributed by atoms with Gasteiger partial charge in [0.15, 0.2) is 0 Å². The summed E-state index contributed by atoms with van der Waals surface area (Å²) in [5, 5.41) is 8.89. The average molecular weight is 121 g/mol. The largest absolute Gasteiger partial charge is 1.00 e. The van der Waals surface area contributed by atoms with Crippen LogP contribution in [0.3, 0.4) is 0 Å². The van der Waals surface area contributed by atoms with Crippen molar-refractivity contribution in [2.24, 2.45) is 0 Å². The predicted octanol–water partition coefficient (Wildman–Crippen LogP) is -6.52. The molecule has 0 aromatic heterocycles. The summed E-state index contributed by atoms with van der Waals surface area (Å²) >= 11 is 0. The molecule has 0 radical (unpaired) electrons. The molecule has 0 heterocycles. The molecule has 0 aliphatic carbocycles. The van der Waals surface area contributed by atoms with Gasteiger partial charge >= 0.3 is 70.2 Å².